The molecule has 1 rings (SSSR count). The number of anilines is 1. The summed E-state index contributed by atoms with van der Waals surface area (Å²) in [4.78, 5) is 26.5. The summed E-state index contributed by atoms with van der Waals surface area (Å²) in [6, 6.07) is 7.39. The second kappa shape index (κ2) is 7.25. The zero-order valence-corrected chi connectivity index (χ0v) is 12.9. The van der Waals surface area contributed by atoms with E-state index in [9.17, 15) is 9.59 Å². The summed E-state index contributed by atoms with van der Waals surface area (Å²) in [5.74, 6) is -0.183. The van der Waals surface area contributed by atoms with Crippen LogP contribution < -0.4 is 5.32 Å². The average Bonchev–Trinajstić information content (AvgIpc) is 2.31. The first-order chi connectivity index (χ1) is 8.90. The monoisotopic (exact) mass is 327 g/mol. The fourth-order valence-electron chi connectivity index (χ4n) is 1.43. The van der Waals surface area contributed by atoms with Crippen LogP contribution in [0.15, 0.2) is 28.7 Å². The summed E-state index contributed by atoms with van der Waals surface area (Å²) in [6.07, 6.45) is 0. The molecule has 0 aliphatic heterocycles. The Kier molecular flexibility index (Phi) is 5.98. The molecule has 0 unspecified atom stereocenters. The lowest BCUT2D eigenvalue weighted by Crippen LogP contribution is -2.38. The molecule has 19 heavy (non-hydrogen) atoms. The molecule has 0 aromatic heterocycles. The van der Waals surface area contributed by atoms with E-state index in [1.165, 1.54) is 4.90 Å². The molecule has 0 bridgehead atoms. The van der Waals surface area contributed by atoms with E-state index in [0.717, 1.165) is 10.2 Å². The Morgan fingerprint density at radius 1 is 1.16 bits per heavy atom. The molecular weight excluding hydrogens is 310 g/mol. The first kappa shape index (κ1) is 15.7. The van der Waals surface area contributed by atoms with Crippen molar-refractivity contribution in [1.82, 2.24) is 9.80 Å². The van der Waals surface area contributed by atoms with Gasteiger partial charge in [-0.05, 0) is 35.1 Å². The van der Waals surface area contributed by atoms with Gasteiger partial charge >= 0.3 is 0 Å². The van der Waals surface area contributed by atoms with Crippen LogP contribution in [0.3, 0.4) is 0 Å². The number of carbonyl (C=O) groups excluding carboxylic acids is 2. The van der Waals surface area contributed by atoms with E-state index in [2.05, 4.69) is 21.2 Å². The van der Waals surface area contributed by atoms with E-state index >= 15 is 0 Å². The molecule has 1 aromatic rings. The van der Waals surface area contributed by atoms with Crippen LogP contribution in [0, 0.1) is 0 Å². The maximum atomic E-state index is 11.8. The number of para-hydroxylation sites is 1. The smallest absolute Gasteiger partial charge is 0.238 e. The van der Waals surface area contributed by atoms with Gasteiger partial charge < -0.3 is 10.2 Å². The maximum Gasteiger partial charge on any atom is 0.238 e. The minimum Gasteiger partial charge on any atom is -0.348 e. The van der Waals surface area contributed by atoms with Crippen molar-refractivity contribution in [2.75, 3.05) is 39.5 Å². The van der Waals surface area contributed by atoms with E-state index in [1.54, 1.807) is 26.0 Å². The molecule has 0 radical (unpaired) electrons. The number of hydrogen-bond donors (Lipinski definition) is 1. The third-order valence-corrected chi connectivity index (χ3v) is 3.16. The van der Waals surface area contributed by atoms with Gasteiger partial charge in [0, 0.05) is 18.6 Å². The van der Waals surface area contributed by atoms with Crippen molar-refractivity contribution in [3.63, 3.8) is 0 Å². The number of benzene rings is 1. The van der Waals surface area contributed by atoms with Crippen molar-refractivity contribution >= 4 is 33.4 Å². The highest BCUT2D eigenvalue weighted by Gasteiger charge is 2.12. The SMILES string of the molecule is CN(CC(=O)Nc1ccccc1Br)CC(=O)N(C)C. The summed E-state index contributed by atoms with van der Waals surface area (Å²) in [6.45, 7) is 0.386. The Labute approximate surface area is 121 Å². The Morgan fingerprint density at radius 3 is 2.37 bits per heavy atom. The van der Waals surface area contributed by atoms with Gasteiger partial charge in [0.15, 0.2) is 0 Å². The lowest BCUT2D eigenvalue weighted by atomic mass is 10.3. The molecular formula is C13H18BrN3O2. The van der Waals surface area contributed by atoms with Crippen LogP contribution in [0.5, 0.6) is 0 Å². The molecule has 6 heteroatoms. The number of nitrogens with one attached hydrogen (secondary N) is 1. The van der Waals surface area contributed by atoms with Crippen molar-refractivity contribution in [3.8, 4) is 0 Å². The number of likely N-dealkylation sites (N-methyl/N-ethyl adjacent to an activating group) is 2. The van der Waals surface area contributed by atoms with Crippen LogP contribution in [0.4, 0.5) is 5.69 Å². The van der Waals surface area contributed by atoms with Crippen LogP contribution >= 0.6 is 15.9 Å². The second-order valence-corrected chi connectivity index (χ2v) is 5.34. The third kappa shape index (κ3) is 5.40. The van der Waals surface area contributed by atoms with Gasteiger partial charge in [0.2, 0.25) is 11.8 Å². The molecule has 0 aliphatic carbocycles. The molecule has 1 N–H and O–H groups in total. The van der Waals surface area contributed by atoms with E-state index in [4.69, 9.17) is 0 Å². The highest BCUT2D eigenvalue weighted by atomic mass is 79.9. The van der Waals surface area contributed by atoms with Crippen LogP contribution in [0.2, 0.25) is 0 Å². The first-order valence-electron chi connectivity index (χ1n) is 5.83. The Hall–Kier alpha value is -1.40. The van der Waals surface area contributed by atoms with Gasteiger partial charge in [-0.3, -0.25) is 14.5 Å². The van der Waals surface area contributed by atoms with Crippen molar-refractivity contribution < 1.29 is 9.59 Å². The summed E-state index contributed by atoms with van der Waals surface area (Å²) >= 11 is 3.36. The molecule has 0 spiro atoms. The number of rotatable bonds is 5. The molecule has 0 fully saturated rings. The van der Waals surface area contributed by atoms with E-state index in [0.29, 0.717) is 0 Å². The highest BCUT2D eigenvalue weighted by Crippen LogP contribution is 2.20. The van der Waals surface area contributed by atoms with Crippen molar-refractivity contribution in [1.29, 1.82) is 0 Å². The van der Waals surface area contributed by atoms with Gasteiger partial charge in [-0.15, -0.1) is 0 Å². The minimum absolute atomic E-state index is 0.0313. The van der Waals surface area contributed by atoms with E-state index in [1.807, 2.05) is 24.3 Å². The topological polar surface area (TPSA) is 52.7 Å². The third-order valence-electron chi connectivity index (χ3n) is 2.47. The molecule has 0 saturated heterocycles. The minimum atomic E-state index is -0.152. The largest absolute Gasteiger partial charge is 0.348 e. The van der Waals surface area contributed by atoms with Crippen molar-refractivity contribution in [2.45, 2.75) is 0 Å². The zero-order valence-electron chi connectivity index (χ0n) is 11.3. The quantitative estimate of drug-likeness (QED) is 0.889. The summed E-state index contributed by atoms with van der Waals surface area (Å²) < 4.78 is 0.829. The summed E-state index contributed by atoms with van der Waals surface area (Å²) in [7, 11) is 5.12. The number of nitrogens with zero attached hydrogens (tertiary/aromatic N) is 2. The van der Waals surface area contributed by atoms with E-state index in [-0.39, 0.29) is 24.9 Å². The number of halogens is 1. The lowest BCUT2D eigenvalue weighted by Gasteiger charge is -2.18. The van der Waals surface area contributed by atoms with Gasteiger partial charge in [-0.2, -0.15) is 0 Å². The zero-order chi connectivity index (χ0) is 14.4. The van der Waals surface area contributed by atoms with Gasteiger partial charge in [-0.1, -0.05) is 12.1 Å². The molecule has 5 nitrogen and oxygen atoms in total. The molecule has 0 heterocycles. The van der Waals surface area contributed by atoms with Gasteiger partial charge in [-0.25, -0.2) is 0 Å². The summed E-state index contributed by atoms with van der Waals surface area (Å²) in [5.41, 5.74) is 0.722. The van der Waals surface area contributed by atoms with Gasteiger partial charge in [0.1, 0.15) is 0 Å². The van der Waals surface area contributed by atoms with Crippen molar-refractivity contribution in [3.05, 3.63) is 28.7 Å². The standard InChI is InChI=1S/C13H18BrN3O2/c1-16(2)13(19)9-17(3)8-12(18)15-11-7-5-4-6-10(11)14/h4-7H,8-9H2,1-3H3,(H,15,18). The Balaban J connectivity index is 2.48. The number of carbonyl (C=O) groups is 2. The highest BCUT2D eigenvalue weighted by molar-refractivity contribution is 9.10. The van der Waals surface area contributed by atoms with Gasteiger partial charge in [0.05, 0.1) is 18.8 Å². The molecule has 2 amide bonds. The average molecular weight is 328 g/mol. The normalized spacial score (nSPS) is 10.4. The van der Waals surface area contributed by atoms with E-state index < -0.39 is 0 Å². The predicted octanol–water partition coefficient (Wildman–Crippen LogP) is 1.41. The molecule has 104 valence electrons. The lowest BCUT2D eigenvalue weighted by molar-refractivity contribution is -0.130. The Bertz CT molecular complexity index is 463. The Morgan fingerprint density at radius 2 is 1.79 bits per heavy atom. The molecule has 0 aliphatic rings. The first-order valence-corrected chi connectivity index (χ1v) is 6.62. The van der Waals surface area contributed by atoms with Crippen LogP contribution in [-0.4, -0.2) is 55.8 Å². The van der Waals surface area contributed by atoms with Crippen LogP contribution in [0.25, 0.3) is 0 Å². The van der Waals surface area contributed by atoms with Crippen molar-refractivity contribution in [2.24, 2.45) is 0 Å². The van der Waals surface area contributed by atoms with Gasteiger partial charge in [0.25, 0.3) is 0 Å². The number of hydrogen-bond acceptors (Lipinski definition) is 3. The summed E-state index contributed by atoms with van der Waals surface area (Å²) in [5, 5.41) is 2.79. The molecule has 0 saturated carbocycles. The predicted molar refractivity (Wildman–Crippen MR) is 79.0 cm³/mol. The molecule has 0 atom stereocenters. The maximum absolute atomic E-state index is 11.8. The number of amides is 2. The van der Waals surface area contributed by atoms with Crippen LogP contribution in [0.1, 0.15) is 0 Å². The van der Waals surface area contributed by atoms with Crippen LogP contribution in [-0.2, 0) is 9.59 Å². The fraction of sp³-hybridized carbons (Fsp3) is 0.385. The fourth-order valence-corrected chi connectivity index (χ4v) is 1.81. The molecule has 1 aromatic carbocycles. The second-order valence-electron chi connectivity index (χ2n) is 4.49.